The van der Waals surface area contributed by atoms with Gasteiger partial charge in [0.25, 0.3) is 5.91 Å². The predicted octanol–water partition coefficient (Wildman–Crippen LogP) is 2.97. The zero-order valence-electron chi connectivity index (χ0n) is 17.6. The van der Waals surface area contributed by atoms with E-state index in [0.717, 1.165) is 19.3 Å². The first-order valence-corrected chi connectivity index (χ1v) is 11.5. The Kier molecular flexibility index (Phi) is 7.29. The van der Waals surface area contributed by atoms with E-state index in [1.807, 2.05) is 0 Å². The van der Waals surface area contributed by atoms with Crippen molar-refractivity contribution in [3.63, 3.8) is 0 Å². The third-order valence-corrected chi connectivity index (χ3v) is 6.97. The topological polar surface area (TPSA) is 102 Å². The lowest BCUT2D eigenvalue weighted by Gasteiger charge is -2.26. The fraction of sp³-hybridized carbons (Fsp3) is 0.364. The van der Waals surface area contributed by atoms with Crippen LogP contribution in [0.2, 0.25) is 0 Å². The molecule has 1 fully saturated rings. The van der Waals surface area contributed by atoms with Crippen LogP contribution in [0.25, 0.3) is 0 Å². The van der Waals surface area contributed by atoms with Gasteiger partial charge < -0.3 is 14.8 Å². The molecule has 0 aliphatic carbocycles. The second kappa shape index (κ2) is 9.93. The predicted molar refractivity (Wildman–Crippen MR) is 116 cm³/mol. The van der Waals surface area contributed by atoms with Crippen LogP contribution in [0.5, 0.6) is 5.75 Å². The molecular formula is C22H26N2O6S. The summed E-state index contributed by atoms with van der Waals surface area (Å²) in [5.41, 5.74) is 1.32. The summed E-state index contributed by atoms with van der Waals surface area (Å²) < 4.78 is 37.4. The first-order chi connectivity index (χ1) is 14.8. The smallest absolute Gasteiger partial charge is 0.338 e. The molecule has 0 spiro atoms. The van der Waals surface area contributed by atoms with Gasteiger partial charge >= 0.3 is 5.97 Å². The lowest BCUT2D eigenvalue weighted by Crippen LogP contribution is -2.35. The number of amides is 1. The molecule has 1 N–H and O–H groups in total. The Morgan fingerprint density at radius 2 is 1.81 bits per heavy atom. The van der Waals surface area contributed by atoms with Gasteiger partial charge in [-0.3, -0.25) is 4.79 Å². The molecule has 0 saturated carbocycles. The van der Waals surface area contributed by atoms with Gasteiger partial charge in [-0.1, -0.05) is 18.6 Å². The number of piperidine rings is 1. The average molecular weight is 447 g/mol. The number of anilines is 1. The lowest BCUT2D eigenvalue weighted by atomic mass is 10.2. The fourth-order valence-corrected chi connectivity index (χ4v) is 4.85. The van der Waals surface area contributed by atoms with Gasteiger partial charge in [0.15, 0.2) is 6.61 Å². The number of aryl methyl sites for hydroxylation is 1. The molecule has 0 radical (unpaired) electrons. The van der Waals surface area contributed by atoms with Gasteiger partial charge in [0, 0.05) is 18.8 Å². The number of carbonyl (C=O) groups is 2. The highest BCUT2D eigenvalue weighted by Crippen LogP contribution is 2.25. The number of nitrogens with one attached hydrogen (secondary N) is 1. The van der Waals surface area contributed by atoms with Crippen molar-refractivity contribution in [2.45, 2.75) is 31.1 Å². The highest BCUT2D eigenvalue weighted by Gasteiger charge is 2.26. The molecule has 166 valence electrons. The Balaban J connectivity index is 1.65. The maximum Gasteiger partial charge on any atom is 0.338 e. The zero-order valence-corrected chi connectivity index (χ0v) is 18.4. The molecular weight excluding hydrogens is 420 g/mol. The first-order valence-electron chi connectivity index (χ1n) is 10.0. The SMILES string of the molecule is COc1cccc(C(=O)OCC(=O)Nc2cc(S(=O)(=O)N3CCCCC3)ccc2C)c1. The Morgan fingerprint density at radius 3 is 2.52 bits per heavy atom. The number of benzene rings is 2. The molecule has 2 aromatic carbocycles. The van der Waals surface area contributed by atoms with Crippen LogP contribution >= 0.6 is 0 Å². The second-order valence-electron chi connectivity index (χ2n) is 7.30. The highest BCUT2D eigenvalue weighted by molar-refractivity contribution is 7.89. The number of esters is 1. The molecule has 8 nitrogen and oxygen atoms in total. The second-order valence-corrected chi connectivity index (χ2v) is 9.24. The van der Waals surface area contributed by atoms with E-state index in [1.165, 1.54) is 29.6 Å². The van der Waals surface area contributed by atoms with Crippen LogP contribution in [-0.2, 0) is 19.6 Å². The van der Waals surface area contributed by atoms with Crippen LogP contribution in [-0.4, -0.2) is 51.4 Å². The van der Waals surface area contributed by atoms with Crippen LogP contribution in [0.3, 0.4) is 0 Å². The van der Waals surface area contributed by atoms with E-state index in [4.69, 9.17) is 9.47 Å². The Bertz CT molecular complexity index is 1060. The quantitative estimate of drug-likeness (QED) is 0.656. The first kappa shape index (κ1) is 22.8. The van der Waals surface area contributed by atoms with E-state index in [0.29, 0.717) is 30.1 Å². The molecule has 2 aromatic rings. The van der Waals surface area contributed by atoms with Crippen LogP contribution in [0.4, 0.5) is 5.69 Å². The van der Waals surface area contributed by atoms with E-state index in [2.05, 4.69) is 5.32 Å². The number of methoxy groups -OCH3 is 1. The minimum Gasteiger partial charge on any atom is -0.497 e. The number of carbonyl (C=O) groups excluding carboxylic acids is 2. The van der Waals surface area contributed by atoms with E-state index in [9.17, 15) is 18.0 Å². The number of ether oxygens (including phenoxy) is 2. The Morgan fingerprint density at radius 1 is 1.06 bits per heavy atom. The van der Waals surface area contributed by atoms with Crippen molar-refractivity contribution in [2.75, 3.05) is 32.1 Å². The Labute approximate surface area is 182 Å². The maximum atomic E-state index is 12.9. The van der Waals surface area contributed by atoms with Crippen molar-refractivity contribution in [1.29, 1.82) is 0 Å². The van der Waals surface area contributed by atoms with Crippen LogP contribution < -0.4 is 10.1 Å². The van der Waals surface area contributed by atoms with E-state index < -0.39 is 28.5 Å². The van der Waals surface area contributed by atoms with Gasteiger partial charge in [-0.25, -0.2) is 13.2 Å². The summed E-state index contributed by atoms with van der Waals surface area (Å²) >= 11 is 0. The van der Waals surface area contributed by atoms with Crippen molar-refractivity contribution in [2.24, 2.45) is 0 Å². The van der Waals surface area contributed by atoms with Crippen molar-refractivity contribution >= 4 is 27.6 Å². The van der Waals surface area contributed by atoms with E-state index in [1.54, 1.807) is 31.2 Å². The summed E-state index contributed by atoms with van der Waals surface area (Å²) in [7, 11) is -2.13. The summed E-state index contributed by atoms with van der Waals surface area (Å²) in [4.78, 5) is 24.6. The van der Waals surface area contributed by atoms with Gasteiger partial charge in [-0.15, -0.1) is 0 Å². The van der Waals surface area contributed by atoms with Gasteiger partial charge in [0.2, 0.25) is 10.0 Å². The number of hydrogen-bond acceptors (Lipinski definition) is 6. The number of nitrogens with zero attached hydrogens (tertiary/aromatic N) is 1. The third-order valence-electron chi connectivity index (χ3n) is 5.08. The van der Waals surface area contributed by atoms with Crippen LogP contribution in [0, 0.1) is 6.92 Å². The Hall–Kier alpha value is -2.91. The van der Waals surface area contributed by atoms with Crippen LogP contribution in [0.1, 0.15) is 35.2 Å². The minimum atomic E-state index is -3.62. The minimum absolute atomic E-state index is 0.128. The monoisotopic (exact) mass is 446 g/mol. The number of hydrogen-bond donors (Lipinski definition) is 1. The number of sulfonamides is 1. The third kappa shape index (κ3) is 5.62. The molecule has 1 amide bonds. The molecule has 1 saturated heterocycles. The molecule has 0 aromatic heterocycles. The largest absolute Gasteiger partial charge is 0.497 e. The van der Waals surface area contributed by atoms with Gasteiger partial charge in [0.05, 0.1) is 17.6 Å². The molecule has 3 rings (SSSR count). The lowest BCUT2D eigenvalue weighted by molar-refractivity contribution is -0.119. The summed E-state index contributed by atoms with van der Waals surface area (Å²) in [6, 6.07) is 11.0. The zero-order chi connectivity index (χ0) is 22.4. The van der Waals surface area contributed by atoms with Crippen molar-refractivity contribution in [1.82, 2.24) is 4.31 Å². The van der Waals surface area contributed by atoms with Crippen molar-refractivity contribution in [3.05, 3.63) is 53.6 Å². The molecule has 31 heavy (non-hydrogen) atoms. The van der Waals surface area contributed by atoms with Crippen molar-refractivity contribution < 1.29 is 27.5 Å². The standard InChI is InChI=1S/C22H26N2O6S/c1-16-9-10-19(31(27,28)24-11-4-3-5-12-24)14-20(16)23-21(25)15-30-22(26)17-7-6-8-18(13-17)29-2/h6-10,13-14H,3-5,11-12,15H2,1-2H3,(H,23,25). The molecule has 1 aliphatic rings. The molecule has 0 atom stereocenters. The summed E-state index contributed by atoms with van der Waals surface area (Å²) in [6.07, 6.45) is 2.70. The molecule has 0 bridgehead atoms. The summed E-state index contributed by atoms with van der Waals surface area (Å²) in [5, 5.41) is 2.63. The van der Waals surface area contributed by atoms with Crippen LogP contribution in [0.15, 0.2) is 47.4 Å². The average Bonchev–Trinajstić information content (AvgIpc) is 2.79. The van der Waals surface area contributed by atoms with E-state index >= 15 is 0 Å². The highest BCUT2D eigenvalue weighted by atomic mass is 32.2. The van der Waals surface area contributed by atoms with Gasteiger partial charge in [-0.05, 0) is 55.7 Å². The summed E-state index contributed by atoms with van der Waals surface area (Å²) in [5.74, 6) is -0.722. The summed E-state index contributed by atoms with van der Waals surface area (Å²) in [6.45, 7) is 2.25. The maximum absolute atomic E-state index is 12.9. The molecule has 0 unspecified atom stereocenters. The van der Waals surface area contributed by atoms with Crippen molar-refractivity contribution in [3.8, 4) is 5.75 Å². The van der Waals surface area contributed by atoms with Gasteiger partial charge in [0.1, 0.15) is 5.75 Å². The molecule has 9 heteroatoms. The molecule has 1 aliphatic heterocycles. The van der Waals surface area contributed by atoms with Gasteiger partial charge in [-0.2, -0.15) is 4.31 Å². The number of rotatable bonds is 7. The fourth-order valence-electron chi connectivity index (χ4n) is 3.30. The van der Waals surface area contributed by atoms with E-state index in [-0.39, 0.29) is 10.5 Å². The normalized spacial score (nSPS) is 14.6. The molecule has 1 heterocycles.